The van der Waals surface area contributed by atoms with Crippen molar-refractivity contribution in [1.29, 1.82) is 0 Å². The van der Waals surface area contributed by atoms with Gasteiger partial charge >= 0.3 is 0 Å². The number of hydrogen-bond acceptors (Lipinski definition) is 3. The minimum absolute atomic E-state index is 0.246. The third kappa shape index (κ3) is 2.54. The van der Waals surface area contributed by atoms with Gasteiger partial charge in [-0.25, -0.2) is 19.3 Å². The van der Waals surface area contributed by atoms with E-state index in [4.69, 9.17) is 16.6 Å². The molecular formula is C22H21ClFN5. The van der Waals surface area contributed by atoms with Crippen molar-refractivity contribution in [3.05, 3.63) is 41.7 Å². The molecule has 3 aliphatic carbocycles. The maximum atomic E-state index is 14.8. The minimum atomic E-state index is -0.246. The summed E-state index contributed by atoms with van der Waals surface area (Å²) in [7, 11) is 0. The van der Waals surface area contributed by atoms with Crippen molar-refractivity contribution < 1.29 is 4.39 Å². The second-order valence-corrected chi connectivity index (χ2v) is 9.03. The lowest BCUT2D eigenvalue weighted by Gasteiger charge is -2.48. The third-order valence-corrected chi connectivity index (χ3v) is 7.37. The second-order valence-electron chi connectivity index (χ2n) is 8.59. The van der Waals surface area contributed by atoms with E-state index >= 15 is 0 Å². The van der Waals surface area contributed by atoms with E-state index in [9.17, 15) is 4.39 Å². The Morgan fingerprint density at radius 3 is 2.69 bits per heavy atom. The average Bonchev–Trinajstić information content (AvgIpc) is 3.29. The summed E-state index contributed by atoms with van der Waals surface area (Å²) < 4.78 is 16.9. The fraction of sp³-hybridized carbons (Fsp3) is 0.409. The molecule has 3 saturated carbocycles. The molecule has 0 radical (unpaired) electrons. The molecule has 0 saturated heterocycles. The molecule has 1 N–H and O–H groups in total. The zero-order valence-corrected chi connectivity index (χ0v) is 16.8. The fourth-order valence-corrected chi connectivity index (χ4v) is 5.87. The first-order valence-corrected chi connectivity index (χ1v) is 10.6. The molecule has 148 valence electrons. The number of halogens is 2. The standard InChI is InChI=1S/C22H21ClFN5/c1-11-12-2-4-13(5-3-12)19(11)29-10-18(24)17-9-27-21(28-22(17)29)16-8-26-20-15(16)6-14(23)7-25-20/h6-13,19H,2-5H2,1H3,(H,25,26)/t11-,12?,13?,19+/m0/s1. The van der Waals surface area contributed by atoms with E-state index in [1.807, 2.05) is 12.3 Å². The number of nitrogens with one attached hydrogen (secondary N) is 1. The second kappa shape index (κ2) is 6.26. The van der Waals surface area contributed by atoms with Crippen LogP contribution in [0.3, 0.4) is 0 Å². The van der Waals surface area contributed by atoms with Gasteiger partial charge in [0.15, 0.2) is 11.6 Å². The van der Waals surface area contributed by atoms with Gasteiger partial charge in [0, 0.05) is 41.8 Å². The predicted molar refractivity (Wildman–Crippen MR) is 111 cm³/mol. The van der Waals surface area contributed by atoms with Crippen LogP contribution < -0.4 is 0 Å². The number of H-pyrrole nitrogens is 1. The van der Waals surface area contributed by atoms with Crippen molar-refractivity contribution in [3.8, 4) is 11.4 Å². The zero-order valence-electron chi connectivity index (χ0n) is 16.1. The Hall–Kier alpha value is -2.47. The molecule has 3 fully saturated rings. The first-order chi connectivity index (χ1) is 14.1. The molecular weight excluding hydrogens is 389 g/mol. The van der Waals surface area contributed by atoms with Crippen LogP contribution in [0.25, 0.3) is 33.5 Å². The number of nitrogens with zero attached hydrogens (tertiary/aromatic N) is 4. The van der Waals surface area contributed by atoms with E-state index in [1.54, 1.807) is 18.6 Å². The van der Waals surface area contributed by atoms with Crippen molar-refractivity contribution in [1.82, 2.24) is 24.5 Å². The van der Waals surface area contributed by atoms with Gasteiger partial charge in [-0.15, -0.1) is 0 Å². The van der Waals surface area contributed by atoms with Gasteiger partial charge in [-0.2, -0.15) is 0 Å². The smallest absolute Gasteiger partial charge is 0.163 e. The molecule has 7 rings (SSSR count). The molecule has 0 aliphatic heterocycles. The van der Waals surface area contributed by atoms with Gasteiger partial charge in [-0.1, -0.05) is 18.5 Å². The first-order valence-electron chi connectivity index (χ1n) is 10.3. The Kier molecular flexibility index (Phi) is 3.76. The lowest BCUT2D eigenvalue weighted by atomic mass is 9.62. The van der Waals surface area contributed by atoms with Crippen LogP contribution in [0.1, 0.15) is 38.6 Å². The van der Waals surface area contributed by atoms with Crippen molar-refractivity contribution >= 4 is 33.7 Å². The predicted octanol–water partition coefficient (Wildman–Crippen LogP) is 5.76. The highest BCUT2D eigenvalue weighted by Gasteiger charge is 2.42. The summed E-state index contributed by atoms with van der Waals surface area (Å²) in [6.45, 7) is 2.32. The van der Waals surface area contributed by atoms with Crippen LogP contribution >= 0.6 is 11.6 Å². The van der Waals surface area contributed by atoms with Crippen LogP contribution in [-0.4, -0.2) is 24.5 Å². The topological polar surface area (TPSA) is 59.4 Å². The lowest BCUT2D eigenvalue weighted by Crippen LogP contribution is -2.39. The Balaban J connectivity index is 1.52. The number of rotatable bonds is 2. The number of aromatic amines is 1. The van der Waals surface area contributed by atoms with Crippen molar-refractivity contribution in [2.24, 2.45) is 17.8 Å². The molecule has 7 heteroatoms. The van der Waals surface area contributed by atoms with Crippen LogP contribution in [0, 0.1) is 23.6 Å². The van der Waals surface area contributed by atoms with Gasteiger partial charge in [0.05, 0.1) is 10.4 Å². The molecule has 29 heavy (non-hydrogen) atoms. The van der Waals surface area contributed by atoms with E-state index in [0.717, 1.165) is 22.5 Å². The largest absolute Gasteiger partial charge is 0.345 e. The maximum absolute atomic E-state index is 14.8. The molecule has 0 unspecified atom stereocenters. The highest BCUT2D eigenvalue weighted by molar-refractivity contribution is 6.31. The summed E-state index contributed by atoms with van der Waals surface area (Å²) in [6.07, 6.45) is 11.7. The summed E-state index contributed by atoms with van der Waals surface area (Å²) in [5.74, 6) is 2.17. The van der Waals surface area contributed by atoms with E-state index < -0.39 is 0 Å². The molecule has 0 spiro atoms. The van der Waals surface area contributed by atoms with Crippen molar-refractivity contribution in [3.63, 3.8) is 0 Å². The highest BCUT2D eigenvalue weighted by atomic mass is 35.5. The molecule has 0 amide bonds. The molecule has 5 nitrogen and oxygen atoms in total. The summed E-state index contributed by atoms with van der Waals surface area (Å²) >= 11 is 6.14. The average molecular weight is 410 g/mol. The van der Waals surface area contributed by atoms with E-state index in [2.05, 4.69) is 26.4 Å². The Morgan fingerprint density at radius 2 is 1.90 bits per heavy atom. The molecule has 4 heterocycles. The van der Waals surface area contributed by atoms with Crippen LogP contribution in [0.2, 0.25) is 5.02 Å². The molecule has 0 aromatic carbocycles. The minimum Gasteiger partial charge on any atom is -0.345 e. The van der Waals surface area contributed by atoms with Gasteiger partial charge in [-0.05, 0) is 49.5 Å². The molecule has 4 aromatic rings. The van der Waals surface area contributed by atoms with Crippen LogP contribution in [-0.2, 0) is 0 Å². The quantitative estimate of drug-likeness (QED) is 0.457. The normalized spacial score (nSPS) is 26.6. The molecule has 4 aromatic heterocycles. The van der Waals surface area contributed by atoms with Crippen molar-refractivity contribution in [2.45, 2.75) is 38.6 Å². The summed E-state index contributed by atoms with van der Waals surface area (Å²) in [5, 5.41) is 1.90. The SMILES string of the molecule is C[C@H]1C2CCC(CC2)[C@@H]1n1cc(F)c2cnc(-c3c[nH]c4ncc(Cl)cc34)nc21. The van der Waals surface area contributed by atoms with Gasteiger partial charge < -0.3 is 9.55 Å². The molecule has 2 bridgehead atoms. The molecule has 3 aliphatic rings. The van der Waals surface area contributed by atoms with Gasteiger partial charge in [0.1, 0.15) is 11.3 Å². The number of fused-ring (bicyclic) bond motifs is 5. The third-order valence-electron chi connectivity index (χ3n) is 7.16. The van der Waals surface area contributed by atoms with Gasteiger partial charge in [0.25, 0.3) is 0 Å². The van der Waals surface area contributed by atoms with Gasteiger partial charge in [0.2, 0.25) is 0 Å². The van der Waals surface area contributed by atoms with E-state index in [-0.39, 0.29) is 5.82 Å². The highest BCUT2D eigenvalue weighted by Crippen LogP contribution is 2.51. The number of aromatic nitrogens is 5. The van der Waals surface area contributed by atoms with Crippen LogP contribution in [0.4, 0.5) is 4.39 Å². The lowest BCUT2D eigenvalue weighted by molar-refractivity contribution is 0.0438. The van der Waals surface area contributed by atoms with Crippen LogP contribution in [0.5, 0.6) is 0 Å². The monoisotopic (exact) mass is 409 g/mol. The summed E-state index contributed by atoms with van der Waals surface area (Å²) in [4.78, 5) is 16.7. The first kappa shape index (κ1) is 17.4. The zero-order chi connectivity index (χ0) is 19.7. The maximum Gasteiger partial charge on any atom is 0.163 e. The van der Waals surface area contributed by atoms with E-state index in [0.29, 0.717) is 39.8 Å². The number of pyridine rings is 1. The fourth-order valence-electron chi connectivity index (χ4n) is 5.71. The number of hydrogen-bond donors (Lipinski definition) is 1. The van der Waals surface area contributed by atoms with Crippen LogP contribution in [0.15, 0.2) is 30.9 Å². The van der Waals surface area contributed by atoms with E-state index in [1.165, 1.54) is 25.7 Å². The van der Waals surface area contributed by atoms with Gasteiger partial charge in [-0.3, -0.25) is 0 Å². The Morgan fingerprint density at radius 1 is 1.10 bits per heavy atom. The van der Waals surface area contributed by atoms with Crippen molar-refractivity contribution in [2.75, 3.05) is 0 Å². The Bertz CT molecular complexity index is 1230. The summed E-state index contributed by atoms with van der Waals surface area (Å²) in [5.41, 5.74) is 2.23. The Labute approximate surface area is 172 Å². The molecule has 2 atom stereocenters. The summed E-state index contributed by atoms with van der Waals surface area (Å²) in [6, 6.07) is 2.15.